The van der Waals surface area contributed by atoms with Crippen molar-refractivity contribution >= 4 is 0 Å². The van der Waals surface area contributed by atoms with Crippen molar-refractivity contribution in [1.29, 1.82) is 0 Å². The summed E-state index contributed by atoms with van der Waals surface area (Å²) in [5.74, 6) is 1.94. The van der Waals surface area contributed by atoms with Gasteiger partial charge in [-0.05, 0) is 68.8 Å². The van der Waals surface area contributed by atoms with E-state index in [0.717, 1.165) is 18.1 Å². The zero-order valence-corrected chi connectivity index (χ0v) is 10.5. The van der Waals surface area contributed by atoms with E-state index in [1.807, 2.05) is 0 Å². The molecule has 0 radical (unpaired) electrons. The Bertz CT molecular complexity index is 396. The molecule has 0 aromatic heterocycles. The standard InChI is InChI=1S/C15H21NO/c1-11-2-4-14-9-12(3-5-15(14)17-11)8-13-6-7-16-10-13/h3,5,9,11,13,16H,2,4,6-8,10H2,1H3. The van der Waals surface area contributed by atoms with Gasteiger partial charge in [-0.1, -0.05) is 12.1 Å². The molecular weight excluding hydrogens is 210 g/mol. The summed E-state index contributed by atoms with van der Waals surface area (Å²) >= 11 is 0. The van der Waals surface area contributed by atoms with Crippen molar-refractivity contribution in [2.45, 2.75) is 38.7 Å². The van der Waals surface area contributed by atoms with Crippen molar-refractivity contribution in [2.75, 3.05) is 13.1 Å². The van der Waals surface area contributed by atoms with Gasteiger partial charge in [-0.3, -0.25) is 0 Å². The third-order valence-electron chi connectivity index (χ3n) is 3.96. The Hall–Kier alpha value is -1.02. The molecule has 2 nitrogen and oxygen atoms in total. The van der Waals surface area contributed by atoms with Crippen molar-refractivity contribution in [3.63, 3.8) is 0 Å². The Kier molecular flexibility index (Phi) is 3.06. The lowest BCUT2D eigenvalue weighted by atomic mass is 9.94. The van der Waals surface area contributed by atoms with Gasteiger partial charge in [0.25, 0.3) is 0 Å². The van der Waals surface area contributed by atoms with E-state index >= 15 is 0 Å². The predicted molar refractivity (Wildman–Crippen MR) is 69.5 cm³/mol. The summed E-state index contributed by atoms with van der Waals surface area (Å²) in [6.07, 6.45) is 5.25. The minimum absolute atomic E-state index is 0.382. The van der Waals surface area contributed by atoms with E-state index in [0.29, 0.717) is 6.10 Å². The molecule has 0 bridgehead atoms. The lowest BCUT2D eigenvalue weighted by molar-refractivity contribution is 0.192. The molecule has 2 heterocycles. The fourth-order valence-corrected chi connectivity index (χ4v) is 2.93. The molecule has 1 aromatic carbocycles. The first-order valence-electron chi connectivity index (χ1n) is 6.80. The van der Waals surface area contributed by atoms with Crippen LogP contribution in [0.3, 0.4) is 0 Å². The van der Waals surface area contributed by atoms with Crippen LogP contribution in [-0.2, 0) is 12.8 Å². The van der Waals surface area contributed by atoms with E-state index in [1.165, 1.54) is 43.5 Å². The van der Waals surface area contributed by atoms with Gasteiger partial charge < -0.3 is 10.1 Å². The topological polar surface area (TPSA) is 21.3 Å². The Morgan fingerprint density at radius 2 is 2.29 bits per heavy atom. The monoisotopic (exact) mass is 231 g/mol. The molecule has 0 amide bonds. The first kappa shape index (κ1) is 11.1. The molecule has 1 N–H and O–H groups in total. The van der Waals surface area contributed by atoms with Crippen molar-refractivity contribution in [3.8, 4) is 5.75 Å². The second-order valence-corrected chi connectivity index (χ2v) is 5.47. The average Bonchev–Trinajstić information content (AvgIpc) is 2.82. The first-order chi connectivity index (χ1) is 8.31. The largest absolute Gasteiger partial charge is 0.490 e. The molecule has 0 aliphatic carbocycles. The summed E-state index contributed by atoms with van der Waals surface area (Å²) in [4.78, 5) is 0. The highest BCUT2D eigenvalue weighted by molar-refractivity contribution is 5.39. The van der Waals surface area contributed by atoms with Gasteiger partial charge in [0.05, 0.1) is 6.10 Å². The van der Waals surface area contributed by atoms with Gasteiger partial charge in [0.1, 0.15) is 5.75 Å². The molecule has 2 atom stereocenters. The Morgan fingerprint density at radius 3 is 3.12 bits per heavy atom. The molecule has 2 aliphatic heterocycles. The minimum atomic E-state index is 0.382. The molecule has 2 heteroatoms. The maximum absolute atomic E-state index is 5.84. The van der Waals surface area contributed by atoms with Gasteiger partial charge in [-0.15, -0.1) is 0 Å². The van der Waals surface area contributed by atoms with E-state index in [9.17, 15) is 0 Å². The number of benzene rings is 1. The van der Waals surface area contributed by atoms with Crippen LogP contribution in [0.25, 0.3) is 0 Å². The maximum Gasteiger partial charge on any atom is 0.122 e. The molecule has 2 aliphatic rings. The molecule has 1 saturated heterocycles. The fraction of sp³-hybridized carbons (Fsp3) is 0.600. The second-order valence-electron chi connectivity index (χ2n) is 5.47. The lowest BCUT2D eigenvalue weighted by Gasteiger charge is -2.24. The van der Waals surface area contributed by atoms with Crippen LogP contribution in [0.1, 0.15) is 30.9 Å². The molecule has 3 rings (SSSR count). The Morgan fingerprint density at radius 1 is 1.35 bits per heavy atom. The summed E-state index contributed by atoms with van der Waals surface area (Å²) in [6.45, 7) is 4.53. The molecule has 1 fully saturated rings. The number of aryl methyl sites for hydroxylation is 1. The highest BCUT2D eigenvalue weighted by Gasteiger charge is 2.18. The average molecular weight is 231 g/mol. The van der Waals surface area contributed by atoms with Crippen LogP contribution in [0.4, 0.5) is 0 Å². The third kappa shape index (κ3) is 2.47. The van der Waals surface area contributed by atoms with Gasteiger partial charge in [0.15, 0.2) is 0 Å². The molecular formula is C15H21NO. The van der Waals surface area contributed by atoms with Gasteiger partial charge in [0.2, 0.25) is 0 Å². The van der Waals surface area contributed by atoms with E-state index in [1.54, 1.807) is 0 Å². The molecule has 17 heavy (non-hydrogen) atoms. The summed E-state index contributed by atoms with van der Waals surface area (Å²) in [5.41, 5.74) is 2.89. The molecule has 1 aromatic rings. The van der Waals surface area contributed by atoms with Crippen molar-refractivity contribution < 1.29 is 4.74 Å². The van der Waals surface area contributed by atoms with E-state index < -0.39 is 0 Å². The van der Waals surface area contributed by atoms with Crippen LogP contribution in [0.2, 0.25) is 0 Å². The predicted octanol–water partition coefficient (Wildman–Crippen LogP) is 2.55. The molecule has 92 valence electrons. The SMILES string of the molecule is CC1CCc2cc(CC3CCNC3)ccc2O1. The van der Waals surface area contributed by atoms with Gasteiger partial charge in [0, 0.05) is 0 Å². The number of fused-ring (bicyclic) bond motifs is 1. The first-order valence-corrected chi connectivity index (χ1v) is 6.80. The Balaban J connectivity index is 1.74. The number of hydrogen-bond acceptors (Lipinski definition) is 2. The smallest absolute Gasteiger partial charge is 0.122 e. The maximum atomic E-state index is 5.84. The highest BCUT2D eigenvalue weighted by Crippen LogP contribution is 2.29. The molecule has 0 spiro atoms. The van der Waals surface area contributed by atoms with Crippen LogP contribution >= 0.6 is 0 Å². The number of hydrogen-bond donors (Lipinski definition) is 1. The van der Waals surface area contributed by atoms with Crippen LogP contribution < -0.4 is 10.1 Å². The summed E-state index contributed by atoms with van der Waals surface area (Å²) in [6, 6.07) is 6.78. The van der Waals surface area contributed by atoms with Crippen LogP contribution in [0.5, 0.6) is 5.75 Å². The van der Waals surface area contributed by atoms with Crippen LogP contribution in [-0.4, -0.2) is 19.2 Å². The number of ether oxygens (including phenoxy) is 1. The minimum Gasteiger partial charge on any atom is -0.490 e. The van der Waals surface area contributed by atoms with Crippen molar-refractivity contribution in [2.24, 2.45) is 5.92 Å². The number of rotatable bonds is 2. The lowest BCUT2D eigenvalue weighted by Crippen LogP contribution is -2.19. The second kappa shape index (κ2) is 4.69. The van der Waals surface area contributed by atoms with E-state index in [-0.39, 0.29) is 0 Å². The zero-order chi connectivity index (χ0) is 11.7. The normalized spacial score (nSPS) is 27.6. The molecule has 0 saturated carbocycles. The zero-order valence-electron chi connectivity index (χ0n) is 10.5. The quantitative estimate of drug-likeness (QED) is 0.844. The van der Waals surface area contributed by atoms with Crippen molar-refractivity contribution in [1.82, 2.24) is 5.32 Å². The number of nitrogens with one attached hydrogen (secondary N) is 1. The summed E-state index contributed by atoms with van der Waals surface area (Å²) in [7, 11) is 0. The van der Waals surface area contributed by atoms with Crippen molar-refractivity contribution in [3.05, 3.63) is 29.3 Å². The van der Waals surface area contributed by atoms with E-state index in [4.69, 9.17) is 4.74 Å². The van der Waals surface area contributed by atoms with Crippen LogP contribution in [0.15, 0.2) is 18.2 Å². The van der Waals surface area contributed by atoms with Crippen LogP contribution in [0, 0.1) is 5.92 Å². The molecule has 2 unspecified atom stereocenters. The highest BCUT2D eigenvalue weighted by atomic mass is 16.5. The Labute approximate surface area is 103 Å². The summed E-state index contributed by atoms with van der Waals surface area (Å²) in [5, 5.41) is 3.44. The van der Waals surface area contributed by atoms with Gasteiger partial charge >= 0.3 is 0 Å². The van der Waals surface area contributed by atoms with Gasteiger partial charge in [-0.2, -0.15) is 0 Å². The van der Waals surface area contributed by atoms with Gasteiger partial charge in [-0.25, -0.2) is 0 Å². The van der Waals surface area contributed by atoms with E-state index in [2.05, 4.69) is 30.4 Å². The fourth-order valence-electron chi connectivity index (χ4n) is 2.93. The third-order valence-corrected chi connectivity index (χ3v) is 3.96. The summed E-state index contributed by atoms with van der Waals surface area (Å²) < 4.78 is 5.84.